The van der Waals surface area contributed by atoms with Crippen molar-refractivity contribution in [3.8, 4) is 0 Å². The summed E-state index contributed by atoms with van der Waals surface area (Å²) in [7, 11) is 0. The summed E-state index contributed by atoms with van der Waals surface area (Å²) >= 11 is 9.09. The standard InChI is InChI=1S/C13H16BrClFN/c1-7-2-3-8(6-7)13(17)9-4-5-10(14)11(15)12(9)16/h4-5,7-8,13H,2-3,6,17H2,1H3. The molecule has 2 N–H and O–H groups in total. The number of rotatable bonds is 2. The van der Waals surface area contributed by atoms with Gasteiger partial charge >= 0.3 is 0 Å². The Kier molecular flexibility index (Phi) is 4.11. The van der Waals surface area contributed by atoms with Crippen LogP contribution >= 0.6 is 27.5 Å². The van der Waals surface area contributed by atoms with Gasteiger partial charge in [0, 0.05) is 16.1 Å². The van der Waals surface area contributed by atoms with Gasteiger partial charge in [-0.3, -0.25) is 0 Å². The molecule has 4 heteroatoms. The van der Waals surface area contributed by atoms with E-state index < -0.39 is 0 Å². The zero-order valence-corrected chi connectivity index (χ0v) is 12.1. The van der Waals surface area contributed by atoms with E-state index in [1.165, 1.54) is 6.42 Å². The first-order valence-corrected chi connectivity index (χ1v) is 7.06. The van der Waals surface area contributed by atoms with E-state index in [1.807, 2.05) is 0 Å². The summed E-state index contributed by atoms with van der Waals surface area (Å²) < 4.78 is 14.6. The van der Waals surface area contributed by atoms with Crippen molar-refractivity contribution >= 4 is 27.5 Å². The summed E-state index contributed by atoms with van der Waals surface area (Å²) in [6.07, 6.45) is 3.34. The lowest BCUT2D eigenvalue weighted by atomic mass is 9.91. The molecule has 1 aliphatic carbocycles. The second-order valence-electron chi connectivity index (χ2n) is 4.97. The Hall–Kier alpha value is -0.120. The molecular weight excluding hydrogens is 305 g/mol. The third-order valence-corrected chi connectivity index (χ3v) is 4.93. The van der Waals surface area contributed by atoms with Crippen LogP contribution in [0.3, 0.4) is 0 Å². The molecule has 2 rings (SSSR count). The van der Waals surface area contributed by atoms with E-state index in [0.29, 0.717) is 21.9 Å². The van der Waals surface area contributed by atoms with Crippen molar-refractivity contribution < 1.29 is 4.39 Å². The third kappa shape index (κ3) is 2.67. The molecule has 0 radical (unpaired) electrons. The Labute approximate surface area is 115 Å². The van der Waals surface area contributed by atoms with Gasteiger partial charge in [-0.25, -0.2) is 4.39 Å². The first kappa shape index (κ1) is 13.3. The topological polar surface area (TPSA) is 26.0 Å². The maximum atomic E-state index is 14.0. The number of benzene rings is 1. The van der Waals surface area contributed by atoms with Crippen LogP contribution in [0.15, 0.2) is 16.6 Å². The quantitative estimate of drug-likeness (QED) is 0.787. The normalized spacial score (nSPS) is 26.2. The van der Waals surface area contributed by atoms with Crippen LogP contribution in [0.1, 0.15) is 37.8 Å². The van der Waals surface area contributed by atoms with Crippen molar-refractivity contribution in [2.75, 3.05) is 0 Å². The van der Waals surface area contributed by atoms with E-state index in [2.05, 4.69) is 22.9 Å². The van der Waals surface area contributed by atoms with Gasteiger partial charge in [0.25, 0.3) is 0 Å². The minimum absolute atomic E-state index is 0.129. The fourth-order valence-corrected chi connectivity index (χ4v) is 3.11. The Balaban J connectivity index is 2.25. The third-order valence-electron chi connectivity index (χ3n) is 3.67. The van der Waals surface area contributed by atoms with Crippen LogP contribution in [-0.4, -0.2) is 0 Å². The SMILES string of the molecule is CC1CCC(C(N)c2ccc(Br)c(Cl)c2F)C1. The predicted molar refractivity (Wildman–Crippen MR) is 72.5 cm³/mol. The zero-order chi connectivity index (χ0) is 12.6. The maximum Gasteiger partial charge on any atom is 0.147 e. The summed E-state index contributed by atoms with van der Waals surface area (Å²) in [5.74, 6) is 0.685. The number of hydrogen-bond acceptors (Lipinski definition) is 1. The largest absolute Gasteiger partial charge is 0.324 e. The minimum atomic E-state index is -0.381. The first-order valence-electron chi connectivity index (χ1n) is 5.89. The first-order chi connectivity index (χ1) is 8.00. The van der Waals surface area contributed by atoms with Gasteiger partial charge in [0.05, 0.1) is 5.02 Å². The molecule has 94 valence electrons. The van der Waals surface area contributed by atoms with Crippen LogP contribution in [0.2, 0.25) is 5.02 Å². The van der Waals surface area contributed by atoms with Gasteiger partial charge in [-0.05, 0) is 46.7 Å². The second kappa shape index (κ2) is 5.25. The highest BCUT2D eigenvalue weighted by Gasteiger charge is 2.29. The van der Waals surface area contributed by atoms with Crippen molar-refractivity contribution in [3.05, 3.63) is 33.0 Å². The highest BCUT2D eigenvalue weighted by Crippen LogP contribution is 2.40. The van der Waals surface area contributed by atoms with E-state index in [-0.39, 0.29) is 16.9 Å². The van der Waals surface area contributed by atoms with E-state index in [4.69, 9.17) is 17.3 Å². The van der Waals surface area contributed by atoms with Crippen LogP contribution in [0.25, 0.3) is 0 Å². The van der Waals surface area contributed by atoms with Crippen molar-refractivity contribution in [2.45, 2.75) is 32.2 Å². The molecule has 0 bridgehead atoms. The van der Waals surface area contributed by atoms with Crippen molar-refractivity contribution in [3.63, 3.8) is 0 Å². The molecule has 0 heterocycles. The van der Waals surface area contributed by atoms with Gasteiger partial charge in [0.2, 0.25) is 0 Å². The number of hydrogen-bond donors (Lipinski definition) is 1. The second-order valence-corrected chi connectivity index (χ2v) is 6.20. The van der Waals surface area contributed by atoms with E-state index in [9.17, 15) is 4.39 Å². The molecular formula is C13H16BrClFN. The molecule has 0 spiro atoms. The van der Waals surface area contributed by atoms with Gasteiger partial charge in [-0.1, -0.05) is 31.0 Å². The van der Waals surface area contributed by atoms with Gasteiger partial charge in [-0.2, -0.15) is 0 Å². The van der Waals surface area contributed by atoms with E-state index in [0.717, 1.165) is 12.8 Å². The molecule has 17 heavy (non-hydrogen) atoms. The Bertz CT molecular complexity index is 424. The lowest BCUT2D eigenvalue weighted by Crippen LogP contribution is -2.20. The summed E-state index contributed by atoms with van der Waals surface area (Å²) in [4.78, 5) is 0. The molecule has 0 aromatic heterocycles. The fourth-order valence-electron chi connectivity index (χ4n) is 2.63. The predicted octanol–water partition coefficient (Wildman–Crippen LogP) is 4.68. The molecule has 1 aliphatic rings. The van der Waals surface area contributed by atoms with Crippen LogP contribution in [0.4, 0.5) is 4.39 Å². The molecule has 0 amide bonds. The van der Waals surface area contributed by atoms with E-state index in [1.54, 1.807) is 12.1 Å². The van der Waals surface area contributed by atoms with Gasteiger partial charge < -0.3 is 5.73 Å². The summed E-state index contributed by atoms with van der Waals surface area (Å²) in [6.45, 7) is 2.22. The van der Waals surface area contributed by atoms with Gasteiger partial charge in [0.15, 0.2) is 0 Å². The maximum absolute atomic E-state index is 14.0. The molecule has 1 fully saturated rings. The van der Waals surface area contributed by atoms with Crippen LogP contribution < -0.4 is 5.73 Å². The summed E-state index contributed by atoms with van der Waals surface area (Å²) in [5.41, 5.74) is 6.71. The van der Waals surface area contributed by atoms with Gasteiger partial charge in [-0.15, -0.1) is 0 Å². The molecule has 3 unspecified atom stereocenters. The molecule has 1 aromatic rings. The lowest BCUT2D eigenvalue weighted by molar-refractivity contribution is 0.415. The van der Waals surface area contributed by atoms with Gasteiger partial charge in [0.1, 0.15) is 5.82 Å². The lowest BCUT2D eigenvalue weighted by Gasteiger charge is -2.20. The van der Waals surface area contributed by atoms with E-state index >= 15 is 0 Å². The molecule has 1 nitrogen and oxygen atoms in total. The van der Waals surface area contributed by atoms with Crippen molar-refractivity contribution in [1.29, 1.82) is 0 Å². The molecule has 0 saturated heterocycles. The number of halogens is 3. The molecule has 3 atom stereocenters. The highest BCUT2D eigenvalue weighted by atomic mass is 79.9. The highest BCUT2D eigenvalue weighted by molar-refractivity contribution is 9.10. The molecule has 0 aliphatic heterocycles. The minimum Gasteiger partial charge on any atom is -0.324 e. The Morgan fingerprint density at radius 3 is 2.76 bits per heavy atom. The monoisotopic (exact) mass is 319 g/mol. The van der Waals surface area contributed by atoms with Crippen LogP contribution in [0, 0.1) is 17.7 Å². The molecule has 1 aromatic carbocycles. The van der Waals surface area contributed by atoms with Crippen LogP contribution in [-0.2, 0) is 0 Å². The Morgan fingerprint density at radius 1 is 1.47 bits per heavy atom. The average molecular weight is 321 g/mol. The van der Waals surface area contributed by atoms with Crippen LogP contribution in [0.5, 0.6) is 0 Å². The smallest absolute Gasteiger partial charge is 0.147 e. The zero-order valence-electron chi connectivity index (χ0n) is 9.72. The average Bonchev–Trinajstić information content (AvgIpc) is 2.72. The molecule has 1 saturated carbocycles. The fraction of sp³-hybridized carbons (Fsp3) is 0.538. The van der Waals surface area contributed by atoms with Crippen molar-refractivity contribution in [2.24, 2.45) is 17.6 Å². The summed E-state index contributed by atoms with van der Waals surface area (Å²) in [5, 5.41) is 0.129. The Morgan fingerprint density at radius 2 is 2.18 bits per heavy atom. The number of nitrogens with two attached hydrogens (primary N) is 1. The summed E-state index contributed by atoms with van der Waals surface area (Å²) in [6, 6.07) is 3.25. The van der Waals surface area contributed by atoms with Crippen molar-refractivity contribution in [1.82, 2.24) is 0 Å².